The van der Waals surface area contributed by atoms with Crippen molar-refractivity contribution in [2.45, 2.75) is 38.6 Å². The Morgan fingerprint density at radius 3 is 3.07 bits per heavy atom. The molecule has 0 aromatic carbocycles. The molecule has 1 aliphatic heterocycles. The summed E-state index contributed by atoms with van der Waals surface area (Å²) in [6, 6.07) is 0. The second kappa shape index (κ2) is 4.54. The summed E-state index contributed by atoms with van der Waals surface area (Å²) >= 11 is 6.29. The molecule has 0 amide bonds. The van der Waals surface area contributed by atoms with Gasteiger partial charge in [-0.25, -0.2) is 4.98 Å². The lowest BCUT2D eigenvalue weighted by Gasteiger charge is -2.23. The molecule has 15 heavy (non-hydrogen) atoms. The van der Waals surface area contributed by atoms with Crippen LogP contribution in [-0.2, 0) is 13.0 Å². The van der Waals surface area contributed by atoms with E-state index in [9.17, 15) is 0 Å². The number of rotatable bonds is 3. The van der Waals surface area contributed by atoms with E-state index in [1.54, 1.807) is 0 Å². The van der Waals surface area contributed by atoms with E-state index in [0.717, 1.165) is 30.4 Å². The zero-order chi connectivity index (χ0) is 10.8. The van der Waals surface area contributed by atoms with Crippen LogP contribution in [0.2, 0.25) is 5.15 Å². The van der Waals surface area contributed by atoms with Crippen molar-refractivity contribution in [3.63, 3.8) is 0 Å². The monoisotopic (exact) mass is 227 g/mol. The Morgan fingerprint density at radius 2 is 2.40 bits per heavy atom. The van der Waals surface area contributed by atoms with E-state index in [4.69, 9.17) is 11.6 Å². The van der Waals surface area contributed by atoms with Gasteiger partial charge in [-0.2, -0.15) is 0 Å². The fraction of sp³-hybridized carbons (Fsp3) is 0.727. The van der Waals surface area contributed by atoms with Crippen molar-refractivity contribution in [1.82, 2.24) is 14.9 Å². The summed E-state index contributed by atoms with van der Waals surface area (Å²) in [5, 5.41) is 4.08. The third kappa shape index (κ3) is 1.91. The maximum absolute atomic E-state index is 6.29. The van der Waals surface area contributed by atoms with Crippen LogP contribution < -0.4 is 5.32 Å². The molecule has 0 saturated heterocycles. The molecule has 0 radical (unpaired) electrons. The van der Waals surface area contributed by atoms with Crippen LogP contribution in [-0.4, -0.2) is 23.1 Å². The molecule has 0 spiro atoms. The van der Waals surface area contributed by atoms with Crippen LogP contribution in [0.5, 0.6) is 0 Å². The van der Waals surface area contributed by atoms with Crippen molar-refractivity contribution >= 4 is 11.6 Å². The first-order valence-electron chi connectivity index (χ1n) is 5.67. The summed E-state index contributed by atoms with van der Waals surface area (Å²) in [6.45, 7) is 4.13. The number of nitrogens with one attached hydrogen (secondary N) is 1. The zero-order valence-electron chi connectivity index (χ0n) is 9.39. The first kappa shape index (κ1) is 11.0. The highest BCUT2D eigenvalue weighted by atomic mass is 35.5. The van der Waals surface area contributed by atoms with Gasteiger partial charge in [0.1, 0.15) is 11.0 Å². The van der Waals surface area contributed by atoms with Gasteiger partial charge in [0.05, 0.1) is 5.69 Å². The second-order valence-corrected chi connectivity index (χ2v) is 4.47. The molecule has 2 rings (SSSR count). The Hall–Kier alpha value is -0.540. The second-order valence-electron chi connectivity index (χ2n) is 4.11. The smallest absolute Gasteiger partial charge is 0.132 e. The van der Waals surface area contributed by atoms with Crippen molar-refractivity contribution in [1.29, 1.82) is 0 Å². The number of hydrogen-bond acceptors (Lipinski definition) is 2. The first-order chi connectivity index (χ1) is 7.27. The summed E-state index contributed by atoms with van der Waals surface area (Å²) < 4.78 is 2.19. The molecule has 1 aliphatic rings. The van der Waals surface area contributed by atoms with Crippen molar-refractivity contribution < 1.29 is 0 Å². The Bertz CT molecular complexity index is 346. The Balaban J connectivity index is 2.34. The number of aryl methyl sites for hydroxylation is 1. The maximum Gasteiger partial charge on any atom is 0.132 e. The minimum Gasteiger partial charge on any atom is -0.319 e. The molecule has 3 nitrogen and oxygen atoms in total. The number of halogens is 1. The van der Waals surface area contributed by atoms with Crippen molar-refractivity contribution in [2.24, 2.45) is 0 Å². The average molecular weight is 228 g/mol. The lowest BCUT2D eigenvalue weighted by Crippen LogP contribution is -2.24. The number of fused-ring (bicyclic) bond motifs is 1. The quantitative estimate of drug-likeness (QED) is 0.858. The molecular formula is C11H18ClN3. The normalized spacial score (nSPS) is 20.3. The highest BCUT2D eigenvalue weighted by Gasteiger charge is 2.25. The van der Waals surface area contributed by atoms with E-state index >= 15 is 0 Å². The van der Waals surface area contributed by atoms with Crippen LogP contribution in [0.1, 0.15) is 37.2 Å². The van der Waals surface area contributed by atoms with Crippen molar-refractivity contribution in [3.05, 3.63) is 16.7 Å². The van der Waals surface area contributed by atoms with Gasteiger partial charge in [-0.3, -0.25) is 0 Å². The van der Waals surface area contributed by atoms with E-state index in [1.807, 2.05) is 7.05 Å². The Labute approximate surface area is 95.8 Å². The fourth-order valence-corrected chi connectivity index (χ4v) is 2.66. The largest absolute Gasteiger partial charge is 0.319 e. The van der Waals surface area contributed by atoms with Crippen LogP contribution in [0.25, 0.3) is 0 Å². The molecule has 1 unspecified atom stereocenters. The topological polar surface area (TPSA) is 29.9 Å². The van der Waals surface area contributed by atoms with Gasteiger partial charge < -0.3 is 9.88 Å². The summed E-state index contributed by atoms with van der Waals surface area (Å²) in [6.07, 6.45) is 3.35. The van der Waals surface area contributed by atoms with Crippen LogP contribution in [0.3, 0.4) is 0 Å². The van der Waals surface area contributed by atoms with Gasteiger partial charge >= 0.3 is 0 Å². The van der Waals surface area contributed by atoms with Gasteiger partial charge in [-0.1, -0.05) is 18.5 Å². The van der Waals surface area contributed by atoms with E-state index in [-0.39, 0.29) is 0 Å². The molecule has 1 aromatic heterocycles. The number of likely N-dealkylation sites (N-methyl/N-ethyl adjacent to an activating group) is 1. The van der Waals surface area contributed by atoms with Crippen LogP contribution in [0, 0.1) is 0 Å². The number of nitrogens with zero attached hydrogens (tertiary/aromatic N) is 2. The van der Waals surface area contributed by atoms with Crippen LogP contribution in [0.4, 0.5) is 0 Å². The fourth-order valence-electron chi connectivity index (χ4n) is 2.32. The predicted octanol–water partition coefficient (Wildman–Crippen LogP) is 2.20. The van der Waals surface area contributed by atoms with Gasteiger partial charge in [0.25, 0.3) is 0 Å². The van der Waals surface area contributed by atoms with Gasteiger partial charge in [0.2, 0.25) is 0 Å². The lowest BCUT2D eigenvalue weighted by atomic mass is 9.99. The summed E-state index contributed by atoms with van der Waals surface area (Å²) in [5.74, 6) is 1.71. The first-order valence-corrected chi connectivity index (χ1v) is 6.05. The maximum atomic E-state index is 6.29. The molecule has 1 atom stereocenters. The molecule has 0 saturated carbocycles. The van der Waals surface area contributed by atoms with Gasteiger partial charge in [0.15, 0.2) is 0 Å². The molecule has 1 aromatic rings. The van der Waals surface area contributed by atoms with Crippen molar-refractivity contribution in [3.8, 4) is 0 Å². The summed E-state index contributed by atoms with van der Waals surface area (Å²) in [4.78, 5) is 4.66. The van der Waals surface area contributed by atoms with E-state index < -0.39 is 0 Å². The molecule has 4 heteroatoms. The molecular weight excluding hydrogens is 210 g/mol. The third-order valence-corrected chi connectivity index (χ3v) is 3.51. The zero-order valence-corrected chi connectivity index (χ0v) is 10.1. The molecule has 0 aliphatic carbocycles. The Kier molecular flexibility index (Phi) is 3.32. The predicted molar refractivity (Wildman–Crippen MR) is 62.5 cm³/mol. The van der Waals surface area contributed by atoms with Crippen molar-refractivity contribution in [2.75, 3.05) is 13.6 Å². The molecule has 84 valence electrons. The van der Waals surface area contributed by atoms with E-state index in [1.165, 1.54) is 18.7 Å². The Morgan fingerprint density at radius 1 is 1.60 bits per heavy atom. The molecule has 2 heterocycles. The molecule has 0 bridgehead atoms. The van der Waals surface area contributed by atoms with Crippen LogP contribution >= 0.6 is 11.6 Å². The third-order valence-electron chi connectivity index (χ3n) is 3.09. The highest BCUT2D eigenvalue weighted by molar-refractivity contribution is 6.30. The SMILES string of the molecule is CCc1nc2n(c1Cl)CCCC2CNC. The number of hydrogen-bond donors (Lipinski definition) is 1. The summed E-state index contributed by atoms with van der Waals surface area (Å²) in [7, 11) is 1.99. The van der Waals surface area contributed by atoms with Gasteiger partial charge in [-0.15, -0.1) is 0 Å². The average Bonchev–Trinajstić information content (AvgIpc) is 2.58. The number of imidazole rings is 1. The standard InChI is InChI=1S/C11H18ClN3/c1-3-9-10(12)15-6-4-5-8(7-13-2)11(15)14-9/h8,13H,3-7H2,1-2H3. The lowest BCUT2D eigenvalue weighted by molar-refractivity contribution is 0.432. The van der Waals surface area contributed by atoms with E-state index in [0.29, 0.717) is 5.92 Å². The molecule has 0 fully saturated rings. The van der Waals surface area contributed by atoms with Gasteiger partial charge in [-0.05, 0) is 26.3 Å². The van der Waals surface area contributed by atoms with E-state index in [2.05, 4.69) is 21.8 Å². The minimum atomic E-state index is 0.529. The summed E-state index contributed by atoms with van der Waals surface area (Å²) in [5.41, 5.74) is 1.05. The molecule has 1 N–H and O–H groups in total. The van der Waals surface area contributed by atoms with Crippen LogP contribution in [0.15, 0.2) is 0 Å². The minimum absolute atomic E-state index is 0.529. The van der Waals surface area contributed by atoms with Gasteiger partial charge in [0, 0.05) is 19.0 Å². The highest BCUT2D eigenvalue weighted by Crippen LogP contribution is 2.31. The number of aromatic nitrogens is 2.